The molecule has 2 unspecified atom stereocenters. The van der Waals surface area contributed by atoms with Crippen LogP contribution in [0.5, 0.6) is 0 Å². The van der Waals surface area contributed by atoms with Crippen molar-refractivity contribution in [3.05, 3.63) is 28.7 Å². The van der Waals surface area contributed by atoms with Gasteiger partial charge < -0.3 is 9.84 Å². The standard InChI is InChI=1S/C13H15BrN4O/c1-8-4-2-6-15-10(8)13-17-12(18-19-13)11-9(14)5-3-7-16-11/h3,5,7-8,10,15H,2,4,6H2,1H3. The maximum Gasteiger partial charge on any atom is 0.244 e. The summed E-state index contributed by atoms with van der Waals surface area (Å²) >= 11 is 3.45. The third-order valence-corrected chi connectivity index (χ3v) is 4.09. The predicted molar refractivity (Wildman–Crippen MR) is 74.4 cm³/mol. The number of hydrogen-bond acceptors (Lipinski definition) is 5. The van der Waals surface area contributed by atoms with Crippen molar-refractivity contribution in [2.45, 2.75) is 25.8 Å². The van der Waals surface area contributed by atoms with Crippen LogP contribution in [0.2, 0.25) is 0 Å². The number of piperidine rings is 1. The molecule has 0 saturated carbocycles. The van der Waals surface area contributed by atoms with Crippen LogP contribution in [-0.4, -0.2) is 21.7 Å². The summed E-state index contributed by atoms with van der Waals surface area (Å²) in [6.07, 6.45) is 4.10. The molecule has 5 nitrogen and oxygen atoms in total. The molecule has 1 fully saturated rings. The van der Waals surface area contributed by atoms with Gasteiger partial charge in [-0.25, -0.2) is 0 Å². The lowest BCUT2D eigenvalue weighted by Gasteiger charge is -2.26. The van der Waals surface area contributed by atoms with E-state index in [-0.39, 0.29) is 6.04 Å². The number of halogens is 1. The highest BCUT2D eigenvalue weighted by molar-refractivity contribution is 9.10. The summed E-state index contributed by atoms with van der Waals surface area (Å²) in [6.45, 7) is 3.21. The second-order valence-corrected chi connectivity index (χ2v) is 5.70. The van der Waals surface area contributed by atoms with E-state index in [4.69, 9.17) is 4.52 Å². The third kappa shape index (κ3) is 2.55. The Balaban J connectivity index is 1.89. The number of rotatable bonds is 2. The van der Waals surface area contributed by atoms with Gasteiger partial charge in [0.05, 0.1) is 6.04 Å². The molecule has 0 spiro atoms. The Kier molecular flexibility index (Phi) is 3.61. The molecule has 0 amide bonds. The molecule has 0 bridgehead atoms. The molecule has 2 aromatic heterocycles. The lowest BCUT2D eigenvalue weighted by Crippen LogP contribution is -2.33. The highest BCUT2D eigenvalue weighted by atomic mass is 79.9. The zero-order valence-electron chi connectivity index (χ0n) is 10.6. The van der Waals surface area contributed by atoms with Gasteiger partial charge in [0.25, 0.3) is 0 Å². The SMILES string of the molecule is CC1CCCNC1c1nc(-c2ncccc2Br)no1. The molecular formula is C13H15BrN4O. The van der Waals surface area contributed by atoms with Crippen molar-refractivity contribution in [1.29, 1.82) is 0 Å². The number of nitrogens with zero attached hydrogens (tertiary/aromatic N) is 3. The molecule has 1 aliphatic rings. The molecule has 0 aliphatic carbocycles. The fourth-order valence-electron chi connectivity index (χ4n) is 2.39. The quantitative estimate of drug-likeness (QED) is 0.920. The summed E-state index contributed by atoms with van der Waals surface area (Å²) in [5, 5.41) is 7.47. The Morgan fingerprint density at radius 2 is 2.37 bits per heavy atom. The van der Waals surface area contributed by atoms with Gasteiger partial charge in [-0.1, -0.05) is 12.1 Å². The monoisotopic (exact) mass is 322 g/mol. The van der Waals surface area contributed by atoms with E-state index in [1.54, 1.807) is 6.20 Å². The normalized spacial score (nSPS) is 23.5. The van der Waals surface area contributed by atoms with Crippen LogP contribution in [0.3, 0.4) is 0 Å². The van der Waals surface area contributed by atoms with Crippen molar-refractivity contribution in [2.75, 3.05) is 6.54 Å². The van der Waals surface area contributed by atoms with E-state index in [1.165, 1.54) is 12.8 Å². The van der Waals surface area contributed by atoms with Crippen molar-refractivity contribution in [1.82, 2.24) is 20.4 Å². The van der Waals surface area contributed by atoms with Crippen LogP contribution >= 0.6 is 15.9 Å². The van der Waals surface area contributed by atoms with Gasteiger partial charge in [0.15, 0.2) is 0 Å². The Bertz CT molecular complexity index is 571. The molecule has 2 aromatic rings. The fourth-order valence-corrected chi connectivity index (χ4v) is 2.82. The molecule has 1 saturated heterocycles. The smallest absolute Gasteiger partial charge is 0.244 e. The van der Waals surface area contributed by atoms with Crippen molar-refractivity contribution >= 4 is 15.9 Å². The van der Waals surface area contributed by atoms with Crippen LogP contribution < -0.4 is 5.32 Å². The molecular weight excluding hydrogens is 308 g/mol. The van der Waals surface area contributed by atoms with Crippen LogP contribution in [-0.2, 0) is 0 Å². The Morgan fingerprint density at radius 3 is 3.16 bits per heavy atom. The van der Waals surface area contributed by atoms with Gasteiger partial charge in [0.1, 0.15) is 5.69 Å². The first-order valence-corrected chi connectivity index (χ1v) is 7.23. The van der Waals surface area contributed by atoms with E-state index in [9.17, 15) is 0 Å². The average molecular weight is 323 g/mol. The summed E-state index contributed by atoms with van der Waals surface area (Å²) in [7, 11) is 0. The van der Waals surface area contributed by atoms with Gasteiger partial charge in [-0.2, -0.15) is 4.98 Å². The van der Waals surface area contributed by atoms with Crippen LogP contribution in [0, 0.1) is 5.92 Å². The molecule has 2 atom stereocenters. The first-order chi connectivity index (χ1) is 9.25. The maximum atomic E-state index is 5.40. The summed E-state index contributed by atoms with van der Waals surface area (Å²) in [5.74, 6) is 1.69. The predicted octanol–water partition coefficient (Wildman–Crippen LogP) is 2.95. The molecule has 3 heterocycles. The van der Waals surface area contributed by atoms with Gasteiger partial charge >= 0.3 is 0 Å². The fraction of sp³-hybridized carbons (Fsp3) is 0.462. The molecule has 19 heavy (non-hydrogen) atoms. The summed E-state index contributed by atoms with van der Waals surface area (Å²) in [6, 6.07) is 3.93. The van der Waals surface area contributed by atoms with Crippen LogP contribution in [0.25, 0.3) is 11.5 Å². The van der Waals surface area contributed by atoms with E-state index < -0.39 is 0 Å². The zero-order valence-corrected chi connectivity index (χ0v) is 12.2. The van der Waals surface area contributed by atoms with Crippen molar-refractivity contribution in [3.8, 4) is 11.5 Å². The first kappa shape index (κ1) is 12.7. The lowest BCUT2D eigenvalue weighted by molar-refractivity contribution is 0.239. The molecule has 1 N–H and O–H groups in total. The summed E-state index contributed by atoms with van der Waals surface area (Å²) in [4.78, 5) is 8.76. The van der Waals surface area contributed by atoms with Gasteiger partial charge in [-0.15, -0.1) is 0 Å². The van der Waals surface area contributed by atoms with Crippen molar-refractivity contribution in [3.63, 3.8) is 0 Å². The van der Waals surface area contributed by atoms with Gasteiger partial charge in [-0.05, 0) is 53.4 Å². The highest BCUT2D eigenvalue weighted by Crippen LogP contribution is 2.30. The van der Waals surface area contributed by atoms with E-state index in [1.807, 2.05) is 12.1 Å². The van der Waals surface area contributed by atoms with E-state index in [0.717, 1.165) is 11.0 Å². The van der Waals surface area contributed by atoms with Gasteiger partial charge in [-0.3, -0.25) is 4.98 Å². The minimum atomic E-state index is 0.150. The Hall–Kier alpha value is -1.27. The van der Waals surface area contributed by atoms with Crippen LogP contribution in [0.15, 0.2) is 27.3 Å². The molecule has 6 heteroatoms. The Morgan fingerprint density at radius 1 is 1.47 bits per heavy atom. The Labute approximate surface area is 119 Å². The van der Waals surface area contributed by atoms with Crippen LogP contribution in [0.4, 0.5) is 0 Å². The van der Waals surface area contributed by atoms with Crippen molar-refractivity contribution in [2.24, 2.45) is 5.92 Å². The number of nitrogens with one attached hydrogen (secondary N) is 1. The summed E-state index contributed by atoms with van der Waals surface area (Å²) in [5.41, 5.74) is 0.709. The maximum absolute atomic E-state index is 5.40. The molecule has 0 radical (unpaired) electrons. The van der Waals surface area contributed by atoms with Gasteiger partial charge in [0, 0.05) is 10.7 Å². The van der Waals surface area contributed by atoms with E-state index >= 15 is 0 Å². The minimum Gasteiger partial charge on any atom is -0.337 e. The number of pyridine rings is 1. The van der Waals surface area contributed by atoms with Crippen molar-refractivity contribution < 1.29 is 4.52 Å². The molecule has 0 aromatic carbocycles. The zero-order chi connectivity index (χ0) is 13.2. The van der Waals surface area contributed by atoms with E-state index in [0.29, 0.717) is 23.3 Å². The average Bonchev–Trinajstić information content (AvgIpc) is 2.89. The largest absolute Gasteiger partial charge is 0.337 e. The summed E-state index contributed by atoms with van der Waals surface area (Å²) < 4.78 is 6.27. The lowest BCUT2D eigenvalue weighted by atomic mass is 9.93. The third-order valence-electron chi connectivity index (χ3n) is 3.45. The highest BCUT2D eigenvalue weighted by Gasteiger charge is 2.28. The van der Waals surface area contributed by atoms with Gasteiger partial charge in [0.2, 0.25) is 11.7 Å². The first-order valence-electron chi connectivity index (χ1n) is 6.43. The van der Waals surface area contributed by atoms with E-state index in [2.05, 4.69) is 43.3 Å². The number of aromatic nitrogens is 3. The molecule has 1 aliphatic heterocycles. The second-order valence-electron chi connectivity index (χ2n) is 4.84. The number of hydrogen-bond donors (Lipinski definition) is 1. The topological polar surface area (TPSA) is 63.8 Å². The molecule has 100 valence electrons. The molecule has 3 rings (SSSR count). The second kappa shape index (κ2) is 5.38. The van der Waals surface area contributed by atoms with Crippen LogP contribution in [0.1, 0.15) is 31.7 Å². The minimum absolute atomic E-state index is 0.150.